The van der Waals surface area contributed by atoms with Crippen molar-refractivity contribution in [2.24, 2.45) is 0 Å². The molecule has 1 fully saturated rings. The standard InChI is InChI=1S/C13H30N4/c1-15(2)10-7-14-8-11-16(3)12-13-6-5-9-17(13)4/h13-14H,5-12H2,1-4H3. The molecule has 1 aliphatic rings. The topological polar surface area (TPSA) is 21.8 Å². The van der Waals surface area contributed by atoms with Gasteiger partial charge in [-0.2, -0.15) is 0 Å². The third-order valence-corrected chi connectivity index (χ3v) is 3.60. The minimum Gasteiger partial charge on any atom is -0.314 e. The molecule has 0 aliphatic carbocycles. The molecule has 4 nitrogen and oxygen atoms in total. The molecule has 0 radical (unpaired) electrons. The van der Waals surface area contributed by atoms with E-state index >= 15 is 0 Å². The summed E-state index contributed by atoms with van der Waals surface area (Å²) >= 11 is 0. The minimum atomic E-state index is 0.779. The van der Waals surface area contributed by atoms with Crippen LogP contribution in [-0.2, 0) is 0 Å². The molecule has 4 heteroatoms. The first-order chi connectivity index (χ1) is 8.09. The van der Waals surface area contributed by atoms with Crippen molar-refractivity contribution in [3.63, 3.8) is 0 Å². The van der Waals surface area contributed by atoms with E-state index < -0.39 is 0 Å². The number of likely N-dealkylation sites (tertiary alicyclic amines) is 1. The highest BCUT2D eigenvalue weighted by molar-refractivity contribution is 4.78. The Bertz CT molecular complexity index is 196. The summed E-state index contributed by atoms with van der Waals surface area (Å²) in [4.78, 5) is 7.16. The predicted octanol–water partition coefficient (Wildman–Crippen LogP) is 0.164. The van der Waals surface area contributed by atoms with Crippen LogP contribution in [0, 0.1) is 0 Å². The van der Waals surface area contributed by atoms with Crippen LogP contribution in [0.5, 0.6) is 0 Å². The van der Waals surface area contributed by atoms with Gasteiger partial charge in [-0.05, 0) is 47.6 Å². The van der Waals surface area contributed by atoms with Gasteiger partial charge in [0.25, 0.3) is 0 Å². The molecular weight excluding hydrogens is 212 g/mol. The van der Waals surface area contributed by atoms with Gasteiger partial charge in [-0.15, -0.1) is 0 Å². The zero-order chi connectivity index (χ0) is 12.7. The fraction of sp³-hybridized carbons (Fsp3) is 1.00. The minimum absolute atomic E-state index is 0.779. The van der Waals surface area contributed by atoms with Crippen LogP contribution in [0.2, 0.25) is 0 Å². The molecule has 17 heavy (non-hydrogen) atoms. The van der Waals surface area contributed by atoms with Gasteiger partial charge in [0.1, 0.15) is 0 Å². The summed E-state index contributed by atoms with van der Waals surface area (Å²) in [6, 6.07) is 0.779. The number of hydrogen-bond acceptors (Lipinski definition) is 4. The summed E-state index contributed by atoms with van der Waals surface area (Å²) in [6.45, 7) is 6.95. The van der Waals surface area contributed by atoms with Crippen molar-refractivity contribution in [2.45, 2.75) is 18.9 Å². The van der Waals surface area contributed by atoms with E-state index in [2.05, 4.69) is 48.2 Å². The molecule has 102 valence electrons. The Morgan fingerprint density at radius 1 is 1.18 bits per heavy atom. The van der Waals surface area contributed by atoms with Crippen molar-refractivity contribution < 1.29 is 0 Å². The van der Waals surface area contributed by atoms with Crippen LogP contribution in [0.1, 0.15) is 12.8 Å². The predicted molar refractivity (Wildman–Crippen MR) is 74.6 cm³/mol. The third-order valence-electron chi connectivity index (χ3n) is 3.60. The average molecular weight is 242 g/mol. The molecule has 1 rings (SSSR count). The normalized spacial score (nSPS) is 21.9. The van der Waals surface area contributed by atoms with E-state index in [9.17, 15) is 0 Å². The van der Waals surface area contributed by atoms with Crippen molar-refractivity contribution >= 4 is 0 Å². The van der Waals surface area contributed by atoms with E-state index in [0.29, 0.717) is 0 Å². The van der Waals surface area contributed by atoms with Crippen LogP contribution in [0.15, 0.2) is 0 Å². The Labute approximate surface area is 107 Å². The van der Waals surface area contributed by atoms with Gasteiger partial charge in [-0.3, -0.25) is 0 Å². The molecule has 1 aliphatic heterocycles. The van der Waals surface area contributed by atoms with Gasteiger partial charge in [0.05, 0.1) is 0 Å². The smallest absolute Gasteiger partial charge is 0.0220 e. The first kappa shape index (κ1) is 14.9. The molecule has 0 amide bonds. The molecule has 0 bridgehead atoms. The summed E-state index contributed by atoms with van der Waals surface area (Å²) < 4.78 is 0. The van der Waals surface area contributed by atoms with Gasteiger partial charge in [0.15, 0.2) is 0 Å². The van der Waals surface area contributed by atoms with E-state index in [-0.39, 0.29) is 0 Å². The highest BCUT2D eigenvalue weighted by Gasteiger charge is 2.21. The van der Waals surface area contributed by atoms with Crippen molar-refractivity contribution in [3.05, 3.63) is 0 Å². The van der Waals surface area contributed by atoms with Crippen molar-refractivity contribution in [2.75, 3.05) is 67.5 Å². The molecule has 1 heterocycles. The molecule has 1 N–H and O–H groups in total. The Balaban J connectivity index is 1.99. The van der Waals surface area contributed by atoms with E-state index in [0.717, 1.165) is 32.2 Å². The number of rotatable bonds is 8. The number of nitrogens with one attached hydrogen (secondary N) is 1. The van der Waals surface area contributed by atoms with Crippen LogP contribution in [0.3, 0.4) is 0 Å². The zero-order valence-corrected chi connectivity index (χ0v) is 12.1. The second kappa shape index (κ2) is 8.03. The van der Waals surface area contributed by atoms with E-state index in [4.69, 9.17) is 0 Å². The number of hydrogen-bond donors (Lipinski definition) is 1. The lowest BCUT2D eigenvalue weighted by Gasteiger charge is -2.25. The molecule has 0 aromatic carbocycles. The van der Waals surface area contributed by atoms with Gasteiger partial charge in [-0.25, -0.2) is 0 Å². The van der Waals surface area contributed by atoms with Gasteiger partial charge in [-0.1, -0.05) is 0 Å². The maximum Gasteiger partial charge on any atom is 0.0220 e. The number of nitrogens with zero attached hydrogens (tertiary/aromatic N) is 3. The van der Waals surface area contributed by atoms with Crippen LogP contribution in [-0.4, -0.2) is 88.2 Å². The van der Waals surface area contributed by atoms with Crippen LogP contribution in [0.25, 0.3) is 0 Å². The molecular formula is C13H30N4. The Kier molecular flexibility index (Phi) is 7.04. The van der Waals surface area contributed by atoms with Crippen LogP contribution >= 0.6 is 0 Å². The average Bonchev–Trinajstić information content (AvgIpc) is 2.63. The quantitative estimate of drug-likeness (QED) is 0.612. The summed E-state index contributed by atoms with van der Waals surface area (Å²) in [6.07, 6.45) is 2.74. The van der Waals surface area contributed by atoms with Gasteiger partial charge < -0.3 is 20.0 Å². The van der Waals surface area contributed by atoms with E-state index in [1.54, 1.807) is 0 Å². The third kappa shape index (κ3) is 6.36. The fourth-order valence-electron chi connectivity index (χ4n) is 2.36. The van der Waals surface area contributed by atoms with Gasteiger partial charge in [0, 0.05) is 38.8 Å². The maximum atomic E-state index is 3.49. The molecule has 1 atom stereocenters. The Morgan fingerprint density at radius 3 is 2.47 bits per heavy atom. The molecule has 1 unspecified atom stereocenters. The largest absolute Gasteiger partial charge is 0.314 e. The number of likely N-dealkylation sites (N-methyl/N-ethyl adjacent to an activating group) is 3. The highest BCUT2D eigenvalue weighted by atomic mass is 15.2. The fourth-order valence-corrected chi connectivity index (χ4v) is 2.36. The van der Waals surface area contributed by atoms with Crippen LogP contribution in [0.4, 0.5) is 0 Å². The lowest BCUT2D eigenvalue weighted by Crippen LogP contribution is -2.40. The molecule has 0 aromatic heterocycles. The summed E-state index contributed by atoms with van der Waals surface area (Å²) in [5.74, 6) is 0. The van der Waals surface area contributed by atoms with E-state index in [1.807, 2.05) is 0 Å². The molecule has 1 saturated heterocycles. The monoisotopic (exact) mass is 242 g/mol. The first-order valence-corrected chi connectivity index (χ1v) is 6.84. The van der Waals surface area contributed by atoms with Crippen molar-refractivity contribution in [1.29, 1.82) is 0 Å². The van der Waals surface area contributed by atoms with Gasteiger partial charge in [0.2, 0.25) is 0 Å². The lowest BCUT2D eigenvalue weighted by molar-refractivity contribution is 0.220. The maximum absolute atomic E-state index is 3.49. The Morgan fingerprint density at radius 2 is 1.88 bits per heavy atom. The van der Waals surface area contributed by atoms with Gasteiger partial charge >= 0.3 is 0 Å². The summed E-state index contributed by atoms with van der Waals surface area (Å²) in [5.41, 5.74) is 0. The van der Waals surface area contributed by atoms with Crippen molar-refractivity contribution in [1.82, 2.24) is 20.0 Å². The molecule has 0 aromatic rings. The van der Waals surface area contributed by atoms with E-state index in [1.165, 1.54) is 25.9 Å². The lowest BCUT2D eigenvalue weighted by atomic mass is 10.2. The summed E-state index contributed by atoms with van der Waals surface area (Å²) in [5, 5.41) is 3.49. The second-order valence-electron chi connectivity index (χ2n) is 5.59. The van der Waals surface area contributed by atoms with Crippen LogP contribution < -0.4 is 5.32 Å². The summed E-state index contributed by atoms with van der Waals surface area (Å²) in [7, 11) is 8.72. The molecule has 0 saturated carbocycles. The highest BCUT2D eigenvalue weighted by Crippen LogP contribution is 2.14. The first-order valence-electron chi connectivity index (χ1n) is 6.84. The Hall–Kier alpha value is -0.160. The molecule has 0 spiro atoms. The SMILES string of the molecule is CN(C)CCNCCN(C)CC1CCCN1C. The second-order valence-corrected chi connectivity index (χ2v) is 5.59. The van der Waals surface area contributed by atoms with Crippen molar-refractivity contribution in [3.8, 4) is 0 Å². The zero-order valence-electron chi connectivity index (χ0n) is 12.1.